The van der Waals surface area contributed by atoms with Crippen molar-refractivity contribution in [2.45, 2.75) is 4.90 Å². The molecule has 6 nitrogen and oxygen atoms in total. The molecule has 0 bridgehead atoms. The minimum Gasteiger partial charge on any atom is -0.495 e. The lowest BCUT2D eigenvalue weighted by atomic mass is 10.3. The second kappa shape index (κ2) is 5.15. The molecule has 0 aliphatic rings. The van der Waals surface area contributed by atoms with Crippen molar-refractivity contribution >= 4 is 16.0 Å². The number of carboxylic acid groups (broad SMARTS) is 1. The SMILES string of the molecule is COc1ccccc1S(=O)(=O)N(C)CC(=O)O. The van der Waals surface area contributed by atoms with Crippen LogP contribution < -0.4 is 4.74 Å². The predicted octanol–water partition coefficient (Wildman–Crippen LogP) is 0.400. The molecule has 1 aromatic carbocycles. The molecule has 0 atom stereocenters. The van der Waals surface area contributed by atoms with Crippen LogP contribution in [-0.2, 0) is 14.8 Å². The molecule has 0 aliphatic carbocycles. The molecule has 0 aliphatic heterocycles. The van der Waals surface area contributed by atoms with Gasteiger partial charge >= 0.3 is 5.97 Å². The fourth-order valence-electron chi connectivity index (χ4n) is 1.28. The fraction of sp³-hybridized carbons (Fsp3) is 0.300. The van der Waals surface area contributed by atoms with Gasteiger partial charge in [-0.15, -0.1) is 0 Å². The summed E-state index contributed by atoms with van der Waals surface area (Å²) in [6, 6.07) is 6.05. The maximum atomic E-state index is 12.0. The average molecular weight is 259 g/mol. The number of nitrogens with zero attached hydrogens (tertiary/aromatic N) is 1. The Kier molecular flexibility index (Phi) is 4.08. The van der Waals surface area contributed by atoms with E-state index in [0.29, 0.717) is 0 Å². The molecule has 0 radical (unpaired) electrons. The largest absolute Gasteiger partial charge is 0.495 e. The summed E-state index contributed by atoms with van der Waals surface area (Å²) in [5.41, 5.74) is 0. The lowest BCUT2D eigenvalue weighted by Gasteiger charge is -2.16. The van der Waals surface area contributed by atoms with Gasteiger partial charge in [-0.25, -0.2) is 8.42 Å². The van der Waals surface area contributed by atoms with Crippen LogP contribution in [0, 0.1) is 0 Å². The quantitative estimate of drug-likeness (QED) is 0.827. The number of para-hydroxylation sites is 1. The number of sulfonamides is 1. The number of carboxylic acids is 1. The van der Waals surface area contributed by atoms with E-state index in [1.165, 1.54) is 26.3 Å². The van der Waals surface area contributed by atoms with Gasteiger partial charge in [0.2, 0.25) is 10.0 Å². The van der Waals surface area contributed by atoms with Gasteiger partial charge in [0.1, 0.15) is 17.2 Å². The Morgan fingerprint density at radius 1 is 1.41 bits per heavy atom. The maximum absolute atomic E-state index is 12.0. The monoisotopic (exact) mass is 259 g/mol. The average Bonchev–Trinajstić information content (AvgIpc) is 2.28. The number of rotatable bonds is 5. The summed E-state index contributed by atoms with van der Waals surface area (Å²) < 4.78 is 29.8. The lowest BCUT2D eigenvalue weighted by molar-refractivity contribution is -0.137. The van der Waals surface area contributed by atoms with Crippen molar-refractivity contribution in [2.24, 2.45) is 0 Å². The zero-order valence-electron chi connectivity index (χ0n) is 9.45. The Hall–Kier alpha value is -1.60. The highest BCUT2D eigenvalue weighted by atomic mass is 32.2. The number of ether oxygens (including phenoxy) is 1. The topological polar surface area (TPSA) is 83.9 Å². The molecule has 17 heavy (non-hydrogen) atoms. The maximum Gasteiger partial charge on any atom is 0.318 e. The first-order valence-electron chi connectivity index (χ1n) is 4.70. The van der Waals surface area contributed by atoms with E-state index in [0.717, 1.165) is 4.31 Å². The zero-order valence-corrected chi connectivity index (χ0v) is 10.3. The molecule has 0 unspecified atom stereocenters. The summed E-state index contributed by atoms with van der Waals surface area (Å²) in [4.78, 5) is 10.5. The molecular formula is C10H13NO5S. The predicted molar refractivity (Wildman–Crippen MR) is 60.4 cm³/mol. The highest BCUT2D eigenvalue weighted by Crippen LogP contribution is 2.25. The van der Waals surface area contributed by atoms with Crippen molar-refractivity contribution in [1.82, 2.24) is 4.31 Å². The number of hydrogen-bond acceptors (Lipinski definition) is 4. The number of likely N-dealkylation sites (N-methyl/N-ethyl adjacent to an activating group) is 1. The summed E-state index contributed by atoms with van der Waals surface area (Å²) in [7, 11) is -1.29. The van der Waals surface area contributed by atoms with Crippen LogP contribution in [-0.4, -0.2) is 44.5 Å². The summed E-state index contributed by atoms with van der Waals surface area (Å²) >= 11 is 0. The van der Waals surface area contributed by atoms with Crippen molar-refractivity contribution < 1.29 is 23.1 Å². The molecule has 0 spiro atoms. The molecule has 1 rings (SSSR count). The first kappa shape index (κ1) is 13.5. The Labute approximate surface area is 99.5 Å². The molecule has 7 heteroatoms. The highest BCUT2D eigenvalue weighted by molar-refractivity contribution is 7.89. The number of aliphatic carboxylic acids is 1. The van der Waals surface area contributed by atoms with E-state index < -0.39 is 22.5 Å². The van der Waals surface area contributed by atoms with E-state index in [4.69, 9.17) is 9.84 Å². The zero-order chi connectivity index (χ0) is 13.1. The standard InChI is InChI=1S/C10H13NO5S/c1-11(7-10(12)13)17(14,15)9-6-4-3-5-8(9)16-2/h3-6H,7H2,1-2H3,(H,12,13). The molecule has 1 N–H and O–H groups in total. The minimum atomic E-state index is -3.85. The van der Waals surface area contributed by atoms with Gasteiger partial charge in [0, 0.05) is 7.05 Å². The Morgan fingerprint density at radius 2 is 2.00 bits per heavy atom. The number of methoxy groups -OCH3 is 1. The molecule has 94 valence electrons. The van der Waals surface area contributed by atoms with Gasteiger partial charge in [0.05, 0.1) is 7.11 Å². The second-order valence-electron chi connectivity index (χ2n) is 3.31. The minimum absolute atomic E-state index is 0.0498. The van der Waals surface area contributed by atoms with Crippen molar-refractivity contribution in [3.63, 3.8) is 0 Å². The number of hydrogen-bond donors (Lipinski definition) is 1. The number of carbonyl (C=O) groups is 1. The Balaban J connectivity index is 3.17. The molecule has 0 amide bonds. The van der Waals surface area contributed by atoms with Gasteiger partial charge in [-0.3, -0.25) is 4.79 Å². The summed E-state index contributed by atoms with van der Waals surface area (Å²) in [6.45, 7) is -0.597. The van der Waals surface area contributed by atoms with Crippen molar-refractivity contribution in [2.75, 3.05) is 20.7 Å². The van der Waals surface area contributed by atoms with Crippen LogP contribution in [0.1, 0.15) is 0 Å². The summed E-state index contributed by atoms with van der Waals surface area (Å²) in [6.07, 6.45) is 0. The fourth-order valence-corrected chi connectivity index (χ4v) is 2.55. The van der Waals surface area contributed by atoms with Gasteiger partial charge < -0.3 is 9.84 Å². The number of benzene rings is 1. The second-order valence-corrected chi connectivity index (χ2v) is 5.32. The van der Waals surface area contributed by atoms with Gasteiger partial charge in [-0.05, 0) is 12.1 Å². The van der Waals surface area contributed by atoms with Gasteiger partial charge in [0.25, 0.3) is 0 Å². The first-order chi connectivity index (χ1) is 7.89. The Morgan fingerprint density at radius 3 is 2.53 bits per heavy atom. The normalized spacial score (nSPS) is 11.5. The van der Waals surface area contributed by atoms with Crippen molar-refractivity contribution in [3.8, 4) is 5.75 Å². The highest BCUT2D eigenvalue weighted by Gasteiger charge is 2.25. The van der Waals surface area contributed by atoms with E-state index in [-0.39, 0.29) is 10.6 Å². The molecule has 0 heterocycles. The molecule has 0 saturated heterocycles. The van der Waals surface area contributed by atoms with Gasteiger partial charge in [0.15, 0.2) is 0 Å². The molecule has 1 aromatic rings. The van der Waals surface area contributed by atoms with E-state index in [1.807, 2.05) is 0 Å². The third-order valence-corrected chi connectivity index (χ3v) is 3.96. The van der Waals surface area contributed by atoms with Gasteiger partial charge in [-0.2, -0.15) is 4.31 Å². The smallest absolute Gasteiger partial charge is 0.318 e. The van der Waals surface area contributed by atoms with Crippen LogP contribution in [0.25, 0.3) is 0 Å². The third kappa shape index (κ3) is 2.95. The lowest BCUT2D eigenvalue weighted by Crippen LogP contribution is -2.32. The van der Waals surface area contributed by atoms with Crippen molar-refractivity contribution in [3.05, 3.63) is 24.3 Å². The molecular weight excluding hydrogens is 246 g/mol. The molecule has 0 fully saturated rings. The van der Waals surface area contributed by atoms with Crippen LogP contribution in [0.15, 0.2) is 29.2 Å². The van der Waals surface area contributed by atoms with Crippen LogP contribution in [0.3, 0.4) is 0 Å². The van der Waals surface area contributed by atoms with E-state index in [9.17, 15) is 13.2 Å². The Bertz CT molecular complexity index is 511. The van der Waals surface area contributed by atoms with E-state index in [2.05, 4.69) is 0 Å². The molecule has 0 saturated carbocycles. The van der Waals surface area contributed by atoms with Crippen LogP contribution in [0.5, 0.6) is 5.75 Å². The van der Waals surface area contributed by atoms with Gasteiger partial charge in [-0.1, -0.05) is 12.1 Å². The van der Waals surface area contributed by atoms with Crippen LogP contribution in [0.4, 0.5) is 0 Å². The third-order valence-electron chi connectivity index (χ3n) is 2.12. The molecule has 0 aromatic heterocycles. The van der Waals surface area contributed by atoms with Crippen LogP contribution in [0.2, 0.25) is 0 Å². The first-order valence-corrected chi connectivity index (χ1v) is 6.14. The van der Waals surface area contributed by atoms with Crippen LogP contribution >= 0.6 is 0 Å². The van der Waals surface area contributed by atoms with E-state index >= 15 is 0 Å². The van der Waals surface area contributed by atoms with Crippen molar-refractivity contribution in [1.29, 1.82) is 0 Å². The summed E-state index contributed by atoms with van der Waals surface area (Å²) in [5.74, 6) is -1.03. The summed E-state index contributed by atoms with van der Waals surface area (Å²) in [5, 5.41) is 8.58. The van der Waals surface area contributed by atoms with E-state index in [1.54, 1.807) is 12.1 Å².